The van der Waals surface area contributed by atoms with Crippen molar-refractivity contribution < 1.29 is 13.7 Å². The molecule has 2 aromatic heterocycles. The molecule has 0 saturated carbocycles. The molecule has 3 rings (SSSR count). The lowest BCUT2D eigenvalue weighted by molar-refractivity contribution is 0.00578. The summed E-state index contributed by atoms with van der Waals surface area (Å²) < 4.78 is 26.0. The monoisotopic (exact) mass is 365 g/mol. The van der Waals surface area contributed by atoms with Crippen LogP contribution in [0.25, 0.3) is 16.6 Å². The molecular weight excluding hydrogens is 348 g/mol. The van der Waals surface area contributed by atoms with Gasteiger partial charge in [0.2, 0.25) is 0 Å². The van der Waals surface area contributed by atoms with Crippen LogP contribution in [-0.4, -0.2) is 23.3 Å². The Hall–Kier alpha value is -1.21. The van der Waals surface area contributed by atoms with E-state index in [4.69, 9.17) is 20.9 Å². The largest absolute Gasteiger partial charge is 0.525 e. The van der Waals surface area contributed by atoms with Crippen LogP contribution in [0.3, 0.4) is 0 Å². The van der Waals surface area contributed by atoms with E-state index in [1.807, 2.05) is 52.0 Å². The van der Waals surface area contributed by atoms with Gasteiger partial charge in [-0.05, 0) is 58.0 Å². The molecule has 0 aliphatic carbocycles. The normalized spacial score (nSPS) is 19.8. The standard InChI is InChI=1S/C17H18BClFNO2S/c1-16(2)17(3,4)23-18(22-16)14(20)10-11-8-9-13(24-11)12-6-5-7-15(19)21-12/h5-10H,1-4H3. The molecule has 0 atom stereocenters. The van der Waals surface area contributed by atoms with Gasteiger partial charge in [-0.3, -0.25) is 0 Å². The SMILES string of the molecule is CC1(C)OB(C(F)=Cc2ccc(-c3cccc(Cl)n3)s2)OC1(C)C. The summed E-state index contributed by atoms with van der Waals surface area (Å²) in [5, 5.41) is 0.432. The third kappa shape index (κ3) is 3.42. The van der Waals surface area contributed by atoms with Crippen LogP contribution in [0, 0.1) is 0 Å². The average Bonchev–Trinajstić information content (AvgIpc) is 3.02. The number of pyridine rings is 1. The molecule has 0 bridgehead atoms. The molecule has 1 fully saturated rings. The Balaban J connectivity index is 1.80. The third-order valence-corrected chi connectivity index (χ3v) is 5.62. The molecule has 1 aliphatic heterocycles. The molecule has 2 aromatic rings. The summed E-state index contributed by atoms with van der Waals surface area (Å²) in [6.07, 6.45) is 1.45. The summed E-state index contributed by atoms with van der Waals surface area (Å²) >= 11 is 7.35. The minimum atomic E-state index is -0.982. The molecule has 24 heavy (non-hydrogen) atoms. The first-order valence-electron chi connectivity index (χ1n) is 7.63. The number of halogens is 2. The highest BCUT2D eigenvalue weighted by Gasteiger charge is 2.53. The molecule has 0 unspecified atom stereocenters. The van der Waals surface area contributed by atoms with Gasteiger partial charge in [-0.1, -0.05) is 17.7 Å². The zero-order valence-electron chi connectivity index (χ0n) is 14.0. The van der Waals surface area contributed by atoms with Crippen LogP contribution in [0.2, 0.25) is 5.15 Å². The lowest BCUT2D eigenvalue weighted by atomic mass is 9.87. The van der Waals surface area contributed by atoms with E-state index in [0.717, 1.165) is 15.4 Å². The summed E-state index contributed by atoms with van der Waals surface area (Å²) in [7, 11) is -0.982. The molecule has 0 N–H and O–H groups in total. The topological polar surface area (TPSA) is 31.4 Å². The summed E-state index contributed by atoms with van der Waals surface area (Å²) in [5.41, 5.74) is -0.799. The van der Waals surface area contributed by atoms with Gasteiger partial charge in [-0.15, -0.1) is 11.3 Å². The van der Waals surface area contributed by atoms with Crippen LogP contribution in [-0.2, 0) is 9.31 Å². The zero-order valence-corrected chi connectivity index (χ0v) is 15.5. The third-order valence-electron chi connectivity index (χ3n) is 4.35. The summed E-state index contributed by atoms with van der Waals surface area (Å²) in [6, 6.07) is 9.16. The van der Waals surface area contributed by atoms with E-state index in [0.29, 0.717) is 5.15 Å². The van der Waals surface area contributed by atoms with Crippen molar-refractivity contribution in [3.63, 3.8) is 0 Å². The van der Waals surface area contributed by atoms with Crippen LogP contribution in [0.15, 0.2) is 36.1 Å². The Morgan fingerprint density at radius 3 is 2.46 bits per heavy atom. The van der Waals surface area contributed by atoms with Crippen LogP contribution in [0.4, 0.5) is 4.39 Å². The van der Waals surface area contributed by atoms with Gasteiger partial charge in [-0.25, -0.2) is 9.37 Å². The fourth-order valence-electron chi connectivity index (χ4n) is 2.27. The number of aromatic nitrogens is 1. The van der Waals surface area contributed by atoms with Gasteiger partial charge in [0.1, 0.15) is 10.9 Å². The first-order chi connectivity index (χ1) is 11.2. The molecular formula is C17H18BClFNO2S. The van der Waals surface area contributed by atoms with Gasteiger partial charge in [0, 0.05) is 4.88 Å². The van der Waals surface area contributed by atoms with Crippen molar-refractivity contribution in [1.82, 2.24) is 4.98 Å². The highest BCUT2D eigenvalue weighted by Crippen LogP contribution is 2.39. The van der Waals surface area contributed by atoms with Crippen molar-refractivity contribution in [2.24, 2.45) is 0 Å². The molecule has 0 aromatic carbocycles. The van der Waals surface area contributed by atoms with Crippen LogP contribution in [0.5, 0.6) is 0 Å². The highest BCUT2D eigenvalue weighted by atomic mass is 35.5. The molecule has 0 amide bonds. The van der Waals surface area contributed by atoms with Gasteiger partial charge in [0.05, 0.1) is 21.8 Å². The lowest BCUT2D eigenvalue weighted by Crippen LogP contribution is -2.41. The Bertz CT molecular complexity index is 774. The minimum absolute atomic E-state index is 0.432. The Morgan fingerprint density at radius 1 is 1.17 bits per heavy atom. The van der Waals surface area contributed by atoms with E-state index in [1.54, 1.807) is 6.07 Å². The first-order valence-corrected chi connectivity index (χ1v) is 8.83. The van der Waals surface area contributed by atoms with Gasteiger partial charge >= 0.3 is 7.12 Å². The second-order valence-electron chi connectivity index (χ2n) is 6.67. The fraction of sp³-hybridized carbons (Fsp3) is 0.353. The van der Waals surface area contributed by atoms with E-state index in [2.05, 4.69) is 4.98 Å². The Kier molecular flexibility index (Phi) is 4.60. The molecule has 1 aliphatic rings. The Labute approximate surface area is 150 Å². The lowest BCUT2D eigenvalue weighted by Gasteiger charge is -2.32. The molecule has 3 nitrogen and oxygen atoms in total. The van der Waals surface area contributed by atoms with Gasteiger partial charge in [-0.2, -0.15) is 0 Å². The van der Waals surface area contributed by atoms with Crippen LogP contribution in [0.1, 0.15) is 32.6 Å². The zero-order chi connectivity index (χ0) is 17.5. The van der Waals surface area contributed by atoms with Crippen molar-refractivity contribution in [2.75, 3.05) is 0 Å². The predicted molar refractivity (Wildman–Crippen MR) is 97.7 cm³/mol. The van der Waals surface area contributed by atoms with Crippen molar-refractivity contribution in [1.29, 1.82) is 0 Å². The maximum Gasteiger partial charge on any atom is 0.525 e. The van der Waals surface area contributed by atoms with E-state index in [9.17, 15) is 4.39 Å². The number of thiophene rings is 1. The average molecular weight is 366 g/mol. The maximum atomic E-state index is 14.5. The van der Waals surface area contributed by atoms with Crippen LogP contribution >= 0.6 is 22.9 Å². The quantitative estimate of drug-likeness (QED) is 0.538. The minimum Gasteiger partial charge on any atom is -0.398 e. The second-order valence-corrected chi connectivity index (χ2v) is 8.17. The van der Waals surface area contributed by atoms with Crippen molar-refractivity contribution in [3.8, 4) is 10.6 Å². The first kappa shape index (κ1) is 17.6. The molecule has 0 radical (unpaired) electrons. The van der Waals surface area contributed by atoms with Gasteiger partial charge in [0.15, 0.2) is 0 Å². The molecule has 1 saturated heterocycles. The summed E-state index contributed by atoms with van der Waals surface area (Å²) in [4.78, 5) is 5.95. The number of hydrogen-bond acceptors (Lipinski definition) is 4. The predicted octanol–water partition coefficient (Wildman–Crippen LogP) is 5.41. The fourth-order valence-corrected chi connectivity index (χ4v) is 3.35. The second kappa shape index (κ2) is 6.26. The number of hydrogen-bond donors (Lipinski definition) is 0. The smallest absolute Gasteiger partial charge is 0.398 e. The van der Waals surface area contributed by atoms with Gasteiger partial charge in [0.25, 0.3) is 0 Å². The molecule has 7 heteroatoms. The van der Waals surface area contributed by atoms with Crippen molar-refractivity contribution >= 4 is 36.1 Å². The van der Waals surface area contributed by atoms with Crippen molar-refractivity contribution in [2.45, 2.75) is 38.9 Å². The summed E-state index contributed by atoms with van der Waals surface area (Å²) in [6.45, 7) is 7.59. The van der Waals surface area contributed by atoms with Crippen LogP contribution < -0.4 is 0 Å². The Morgan fingerprint density at radius 2 is 1.83 bits per heavy atom. The molecule has 3 heterocycles. The summed E-state index contributed by atoms with van der Waals surface area (Å²) in [5.74, 6) is 0. The maximum absolute atomic E-state index is 14.5. The van der Waals surface area contributed by atoms with E-state index in [1.165, 1.54) is 17.4 Å². The molecule has 126 valence electrons. The van der Waals surface area contributed by atoms with Gasteiger partial charge < -0.3 is 9.31 Å². The van der Waals surface area contributed by atoms with Crippen molar-refractivity contribution in [3.05, 3.63) is 46.1 Å². The van der Waals surface area contributed by atoms with E-state index >= 15 is 0 Å². The number of rotatable bonds is 3. The van der Waals surface area contributed by atoms with E-state index < -0.39 is 24.0 Å². The van der Waals surface area contributed by atoms with E-state index in [-0.39, 0.29) is 0 Å². The highest BCUT2D eigenvalue weighted by molar-refractivity contribution is 7.16. The molecule has 0 spiro atoms. The number of nitrogens with zero attached hydrogens (tertiary/aromatic N) is 1.